The second kappa shape index (κ2) is 4.17. The fourth-order valence-electron chi connectivity index (χ4n) is 2.57. The molecule has 0 saturated heterocycles. The van der Waals surface area contributed by atoms with Crippen LogP contribution in [-0.2, 0) is 0 Å². The molecule has 0 radical (unpaired) electrons. The van der Waals surface area contributed by atoms with E-state index in [9.17, 15) is 5.11 Å². The van der Waals surface area contributed by atoms with E-state index in [0.717, 1.165) is 37.4 Å². The van der Waals surface area contributed by atoms with Crippen LogP contribution in [0.15, 0.2) is 4.52 Å². The quantitative estimate of drug-likeness (QED) is 0.834. The minimum absolute atomic E-state index is 0.120. The van der Waals surface area contributed by atoms with E-state index in [1.165, 1.54) is 19.3 Å². The molecule has 2 fully saturated rings. The SMILES string of the molecule is OC1CCC(c2nc(C3CCC3)no2)CC1. The van der Waals surface area contributed by atoms with Crippen LogP contribution in [0.2, 0.25) is 0 Å². The molecule has 1 N–H and O–H groups in total. The standard InChI is InChI=1S/C12H18N2O2/c15-10-6-4-9(5-7-10)12-13-11(14-16-12)8-2-1-3-8/h8-10,15H,1-7H2. The molecule has 2 aliphatic carbocycles. The van der Waals surface area contributed by atoms with Crippen LogP contribution in [0.25, 0.3) is 0 Å². The van der Waals surface area contributed by atoms with Gasteiger partial charge in [-0.2, -0.15) is 4.98 Å². The van der Waals surface area contributed by atoms with E-state index in [0.29, 0.717) is 11.8 Å². The van der Waals surface area contributed by atoms with Crippen molar-refractivity contribution in [3.63, 3.8) is 0 Å². The molecule has 1 heterocycles. The van der Waals surface area contributed by atoms with Crippen molar-refractivity contribution in [3.8, 4) is 0 Å². The van der Waals surface area contributed by atoms with Crippen molar-refractivity contribution in [2.45, 2.75) is 62.9 Å². The molecule has 0 unspecified atom stereocenters. The Hall–Kier alpha value is -0.900. The fourth-order valence-corrected chi connectivity index (χ4v) is 2.57. The molecule has 2 aliphatic rings. The zero-order chi connectivity index (χ0) is 11.0. The third-order valence-corrected chi connectivity index (χ3v) is 3.97. The Morgan fingerprint density at radius 3 is 2.38 bits per heavy atom. The van der Waals surface area contributed by atoms with Gasteiger partial charge in [-0.1, -0.05) is 11.6 Å². The number of aromatic nitrogens is 2. The Morgan fingerprint density at radius 2 is 1.75 bits per heavy atom. The van der Waals surface area contributed by atoms with Gasteiger partial charge >= 0.3 is 0 Å². The molecule has 0 amide bonds. The zero-order valence-corrected chi connectivity index (χ0v) is 9.43. The van der Waals surface area contributed by atoms with Gasteiger partial charge in [0.2, 0.25) is 5.89 Å². The highest BCUT2D eigenvalue weighted by Gasteiger charge is 2.29. The minimum Gasteiger partial charge on any atom is -0.393 e. The maximum Gasteiger partial charge on any atom is 0.229 e. The molecule has 4 nitrogen and oxygen atoms in total. The Labute approximate surface area is 95.0 Å². The maximum absolute atomic E-state index is 9.45. The lowest BCUT2D eigenvalue weighted by molar-refractivity contribution is 0.116. The number of rotatable bonds is 2. The predicted molar refractivity (Wildman–Crippen MR) is 58.1 cm³/mol. The highest BCUT2D eigenvalue weighted by Crippen LogP contribution is 2.37. The van der Waals surface area contributed by atoms with Gasteiger partial charge in [-0.25, -0.2) is 0 Å². The van der Waals surface area contributed by atoms with Crippen molar-refractivity contribution < 1.29 is 9.63 Å². The van der Waals surface area contributed by atoms with Crippen molar-refractivity contribution in [2.24, 2.45) is 0 Å². The maximum atomic E-state index is 9.45. The molecular weight excluding hydrogens is 204 g/mol. The average Bonchev–Trinajstić information content (AvgIpc) is 2.65. The molecule has 0 atom stereocenters. The topological polar surface area (TPSA) is 59.2 Å². The molecule has 4 heteroatoms. The second-order valence-electron chi connectivity index (χ2n) is 5.12. The van der Waals surface area contributed by atoms with Crippen LogP contribution in [0, 0.1) is 0 Å². The summed E-state index contributed by atoms with van der Waals surface area (Å²) in [5.74, 6) is 2.64. The first-order chi connectivity index (χ1) is 7.83. The zero-order valence-electron chi connectivity index (χ0n) is 9.43. The summed E-state index contributed by atoms with van der Waals surface area (Å²) in [7, 11) is 0. The summed E-state index contributed by atoms with van der Waals surface area (Å²) in [5, 5.41) is 13.5. The smallest absolute Gasteiger partial charge is 0.229 e. The van der Waals surface area contributed by atoms with E-state index in [2.05, 4.69) is 10.1 Å². The largest absolute Gasteiger partial charge is 0.393 e. The summed E-state index contributed by atoms with van der Waals surface area (Å²) in [6.45, 7) is 0. The summed E-state index contributed by atoms with van der Waals surface area (Å²) in [4.78, 5) is 4.52. The minimum atomic E-state index is -0.120. The summed E-state index contributed by atoms with van der Waals surface area (Å²) in [5.41, 5.74) is 0. The number of aliphatic hydroxyl groups excluding tert-OH is 1. The van der Waals surface area contributed by atoms with Crippen LogP contribution in [0.4, 0.5) is 0 Å². The average molecular weight is 222 g/mol. The van der Waals surface area contributed by atoms with Crippen LogP contribution in [0.3, 0.4) is 0 Å². The fraction of sp³-hybridized carbons (Fsp3) is 0.833. The molecule has 88 valence electrons. The molecule has 0 bridgehead atoms. The summed E-state index contributed by atoms with van der Waals surface area (Å²) in [6.07, 6.45) is 7.29. The van der Waals surface area contributed by atoms with Gasteiger partial charge < -0.3 is 9.63 Å². The van der Waals surface area contributed by atoms with E-state index in [1.807, 2.05) is 0 Å². The van der Waals surface area contributed by atoms with Crippen LogP contribution in [-0.4, -0.2) is 21.4 Å². The first kappa shape index (κ1) is 10.3. The highest BCUT2D eigenvalue weighted by molar-refractivity contribution is 5.03. The van der Waals surface area contributed by atoms with E-state index in [4.69, 9.17) is 4.52 Å². The van der Waals surface area contributed by atoms with Crippen LogP contribution < -0.4 is 0 Å². The number of hydrogen-bond donors (Lipinski definition) is 1. The monoisotopic (exact) mass is 222 g/mol. The number of nitrogens with zero attached hydrogens (tertiary/aromatic N) is 2. The summed E-state index contributed by atoms with van der Waals surface area (Å²) in [6, 6.07) is 0. The molecule has 0 spiro atoms. The van der Waals surface area contributed by atoms with Gasteiger partial charge in [-0.3, -0.25) is 0 Å². The van der Waals surface area contributed by atoms with Gasteiger partial charge in [0.1, 0.15) is 0 Å². The molecule has 2 saturated carbocycles. The summed E-state index contributed by atoms with van der Waals surface area (Å²) >= 11 is 0. The summed E-state index contributed by atoms with van der Waals surface area (Å²) < 4.78 is 5.35. The Bertz CT molecular complexity index is 352. The highest BCUT2D eigenvalue weighted by atomic mass is 16.5. The Morgan fingerprint density at radius 1 is 1.00 bits per heavy atom. The van der Waals surface area contributed by atoms with E-state index in [1.54, 1.807) is 0 Å². The van der Waals surface area contributed by atoms with Crippen molar-refractivity contribution in [2.75, 3.05) is 0 Å². The van der Waals surface area contributed by atoms with E-state index >= 15 is 0 Å². The Kier molecular flexibility index (Phi) is 2.67. The van der Waals surface area contributed by atoms with Gasteiger partial charge in [0, 0.05) is 11.8 Å². The number of aliphatic hydroxyl groups is 1. The van der Waals surface area contributed by atoms with Gasteiger partial charge in [-0.15, -0.1) is 0 Å². The molecule has 0 aliphatic heterocycles. The third kappa shape index (κ3) is 1.86. The molecule has 1 aromatic rings. The van der Waals surface area contributed by atoms with Crippen molar-refractivity contribution in [3.05, 3.63) is 11.7 Å². The Balaban J connectivity index is 1.67. The molecule has 1 aromatic heterocycles. The third-order valence-electron chi connectivity index (χ3n) is 3.97. The molecular formula is C12H18N2O2. The van der Waals surface area contributed by atoms with Crippen molar-refractivity contribution in [1.29, 1.82) is 0 Å². The second-order valence-corrected chi connectivity index (χ2v) is 5.12. The van der Waals surface area contributed by atoms with Crippen LogP contribution >= 0.6 is 0 Å². The first-order valence-electron chi connectivity index (χ1n) is 6.34. The molecule has 0 aromatic carbocycles. The lowest BCUT2D eigenvalue weighted by Gasteiger charge is -2.22. The van der Waals surface area contributed by atoms with E-state index < -0.39 is 0 Å². The van der Waals surface area contributed by atoms with Gasteiger partial charge in [-0.05, 0) is 38.5 Å². The lowest BCUT2D eigenvalue weighted by Crippen LogP contribution is -2.17. The van der Waals surface area contributed by atoms with Crippen LogP contribution in [0.5, 0.6) is 0 Å². The normalized spacial score (nSPS) is 31.3. The van der Waals surface area contributed by atoms with Crippen molar-refractivity contribution >= 4 is 0 Å². The predicted octanol–water partition coefficient (Wildman–Crippen LogP) is 2.36. The van der Waals surface area contributed by atoms with Crippen LogP contribution in [0.1, 0.15) is 68.5 Å². The number of hydrogen-bond acceptors (Lipinski definition) is 4. The van der Waals surface area contributed by atoms with Gasteiger partial charge in [0.05, 0.1) is 6.10 Å². The van der Waals surface area contributed by atoms with Gasteiger partial charge in [0.15, 0.2) is 5.82 Å². The van der Waals surface area contributed by atoms with E-state index in [-0.39, 0.29) is 6.10 Å². The van der Waals surface area contributed by atoms with Gasteiger partial charge in [0.25, 0.3) is 0 Å². The lowest BCUT2D eigenvalue weighted by atomic mass is 9.85. The molecule has 16 heavy (non-hydrogen) atoms. The van der Waals surface area contributed by atoms with Crippen molar-refractivity contribution in [1.82, 2.24) is 10.1 Å². The first-order valence-corrected chi connectivity index (χ1v) is 6.34. The molecule has 3 rings (SSSR count).